The molecule has 2 aromatic carbocycles. The van der Waals surface area contributed by atoms with Gasteiger partial charge in [-0.1, -0.05) is 41.4 Å². The summed E-state index contributed by atoms with van der Waals surface area (Å²) in [5, 5.41) is 4.39. The minimum Gasteiger partial charge on any atom is -0.490 e. The van der Waals surface area contributed by atoms with Gasteiger partial charge < -0.3 is 10.1 Å². The molecule has 1 N–H and O–H groups in total. The van der Waals surface area contributed by atoms with Crippen molar-refractivity contribution in [2.45, 2.75) is 0 Å². The van der Waals surface area contributed by atoms with Gasteiger partial charge in [-0.2, -0.15) is 0 Å². The fourth-order valence-corrected chi connectivity index (χ4v) is 1.97. The molecule has 0 spiro atoms. The molecule has 2 nitrogen and oxygen atoms in total. The lowest BCUT2D eigenvalue weighted by molar-refractivity contribution is 0.333. The van der Waals surface area contributed by atoms with Crippen LogP contribution in [-0.4, -0.2) is 13.2 Å². The number of para-hydroxylation sites is 1. The number of hydrogen-bond donors (Lipinski definition) is 1. The highest BCUT2D eigenvalue weighted by molar-refractivity contribution is 6.35. The zero-order chi connectivity index (χ0) is 12.8. The normalized spacial score (nSPS) is 10.1. The van der Waals surface area contributed by atoms with Crippen LogP contribution < -0.4 is 10.1 Å². The minimum absolute atomic E-state index is 0.530. The summed E-state index contributed by atoms with van der Waals surface area (Å²) in [6.07, 6.45) is 0. The van der Waals surface area contributed by atoms with E-state index in [1.807, 2.05) is 30.3 Å². The van der Waals surface area contributed by atoms with Gasteiger partial charge >= 0.3 is 0 Å². The van der Waals surface area contributed by atoms with E-state index in [1.165, 1.54) is 0 Å². The number of hydrogen-bond acceptors (Lipinski definition) is 2. The van der Waals surface area contributed by atoms with Crippen LogP contribution in [0.5, 0.6) is 5.75 Å². The first-order chi connectivity index (χ1) is 8.75. The molecule has 0 saturated carbocycles. The van der Waals surface area contributed by atoms with E-state index in [2.05, 4.69) is 5.32 Å². The Kier molecular flexibility index (Phi) is 4.73. The van der Waals surface area contributed by atoms with Crippen LogP contribution in [0.15, 0.2) is 48.5 Å². The first-order valence-corrected chi connectivity index (χ1v) is 6.38. The molecule has 2 aromatic rings. The maximum absolute atomic E-state index is 6.00. The summed E-state index contributed by atoms with van der Waals surface area (Å²) in [6, 6.07) is 15.2. The largest absolute Gasteiger partial charge is 0.490 e. The van der Waals surface area contributed by atoms with Crippen molar-refractivity contribution in [2.24, 2.45) is 0 Å². The predicted octanol–water partition coefficient (Wildman–Crippen LogP) is 4.48. The van der Waals surface area contributed by atoms with Gasteiger partial charge in [0.15, 0.2) is 0 Å². The zero-order valence-electron chi connectivity index (χ0n) is 9.70. The van der Waals surface area contributed by atoms with Gasteiger partial charge in [0.2, 0.25) is 0 Å². The third-order valence-corrected chi connectivity index (χ3v) is 2.89. The summed E-state index contributed by atoms with van der Waals surface area (Å²) >= 11 is 11.8. The van der Waals surface area contributed by atoms with Crippen molar-refractivity contribution in [3.8, 4) is 5.75 Å². The second-order valence-electron chi connectivity index (χ2n) is 3.72. The highest BCUT2D eigenvalue weighted by Gasteiger charge is 2.01. The van der Waals surface area contributed by atoms with E-state index < -0.39 is 0 Å². The molecule has 0 saturated heterocycles. The van der Waals surface area contributed by atoms with Crippen molar-refractivity contribution < 1.29 is 4.74 Å². The molecule has 0 aliphatic heterocycles. The van der Waals surface area contributed by atoms with Gasteiger partial charge in [0, 0.05) is 17.3 Å². The lowest BCUT2D eigenvalue weighted by Gasteiger charge is -2.09. The zero-order valence-corrected chi connectivity index (χ0v) is 11.2. The smallest absolute Gasteiger partial charge is 0.138 e. The standard InChI is InChI=1S/C14H13Cl2NO/c15-11-6-7-14(13(16)10-11)18-9-8-17-12-4-2-1-3-5-12/h1-7,10,17H,8-9H2. The molecule has 0 amide bonds. The summed E-state index contributed by atoms with van der Waals surface area (Å²) < 4.78 is 5.56. The number of rotatable bonds is 5. The Bertz CT molecular complexity index is 502. The summed E-state index contributed by atoms with van der Waals surface area (Å²) in [5.74, 6) is 0.649. The van der Waals surface area contributed by atoms with Crippen LogP contribution in [0.2, 0.25) is 10.0 Å². The Morgan fingerprint density at radius 1 is 1.00 bits per heavy atom. The van der Waals surface area contributed by atoms with Crippen LogP contribution in [-0.2, 0) is 0 Å². The highest BCUT2D eigenvalue weighted by Crippen LogP contribution is 2.27. The molecule has 0 aliphatic rings. The number of anilines is 1. The number of benzene rings is 2. The van der Waals surface area contributed by atoms with Crippen molar-refractivity contribution >= 4 is 28.9 Å². The maximum atomic E-state index is 6.00. The van der Waals surface area contributed by atoms with Gasteiger partial charge in [-0.05, 0) is 30.3 Å². The van der Waals surface area contributed by atoms with E-state index in [1.54, 1.807) is 18.2 Å². The molecule has 0 atom stereocenters. The van der Waals surface area contributed by atoms with Gasteiger partial charge in [-0.3, -0.25) is 0 Å². The molecule has 18 heavy (non-hydrogen) atoms. The topological polar surface area (TPSA) is 21.3 Å². The first kappa shape index (κ1) is 13.1. The lowest BCUT2D eigenvalue weighted by Crippen LogP contribution is -2.11. The second kappa shape index (κ2) is 6.53. The molecule has 94 valence electrons. The summed E-state index contributed by atoms with van der Waals surface area (Å²) in [5.41, 5.74) is 1.07. The Morgan fingerprint density at radius 2 is 1.78 bits per heavy atom. The molecule has 0 unspecified atom stereocenters. The Labute approximate surface area is 116 Å². The lowest BCUT2D eigenvalue weighted by atomic mass is 10.3. The van der Waals surface area contributed by atoms with Gasteiger partial charge in [0.1, 0.15) is 12.4 Å². The summed E-state index contributed by atoms with van der Waals surface area (Å²) in [7, 11) is 0. The number of halogens is 2. The Hall–Kier alpha value is -1.38. The van der Waals surface area contributed by atoms with Crippen LogP contribution in [0.3, 0.4) is 0 Å². The van der Waals surface area contributed by atoms with E-state index >= 15 is 0 Å². The molecule has 0 aromatic heterocycles. The molecule has 0 aliphatic carbocycles. The molecule has 0 heterocycles. The molecule has 4 heteroatoms. The van der Waals surface area contributed by atoms with Crippen molar-refractivity contribution in [3.05, 3.63) is 58.6 Å². The van der Waals surface area contributed by atoms with Crippen LogP contribution >= 0.6 is 23.2 Å². The summed E-state index contributed by atoms with van der Waals surface area (Å²) in [4.78, 5) is 0. The van der Waals surface area contributed by atoms with Gasteiger partial charge in [0.25, 0.3) is 0 Å². The van der Waals surface area contributed by atoms with Crippen molar-refractivity contribution in [1.82, 2.24) is 0 Å². The maximum Gasteiger partial charge on any atom is 0.138 e. The van der Waals surface area contributed by atoms with E-state index in [0.717, 1.165) is 5.69 Å². The van der Waals surface area contributed by atoms with Crippen LogP contribution in [0.1, 0.15) is 0 Å². The van der Waals surface area contributed by atoms with E-state index in [0.29, 0.717) is 28.9 Å². The van der Waals surface area contributed by atoms with Crippen molar-refractivity contribution in [2.75, 3.05) is 18.5 Å². The van der Waals surface area contributed by atoms with E-state index in [9.17, 15) is 0 Å². The van der Waals surface area contributed by atoms with E-state index in [4.69, 9.17) is 27.9 Å². The molecular weight excluding hydrogens is 269 g/mol. The van der Waals surface area contributed by atoms with Crippen LogP contribution in [0, 0.1) is 0 Å². The molecular formula is C14H13Cl2NO. The van der Waals surface area contributed by atoms with Gasteiger partial charge in [-0.15, -0.1) is 0 Å². The molecule has 0 radical (unpaired) electrons. The van der Waals surface area contributed by atoms with Crippen molar-refractivity contribution in [1.29, 1.82) is 0 Å². The third-order valence-electron chi connectivity index (χ3n) is 2.36. The third kappa shape index (κ3) is 3.83. The average molecular weight is 282 g/mol. The van der Waals surface area contributed by atoms with Crippen molar-refractivity contribution in [3.63, 3.8) is 0 Å². The van der Waals surface area contributed by atoms with Gasteiger partial charge in [-0.25, -0.2) is 0 Å². The quantitative estimate of drug-likeness (QED) is 0.816. The Morgan fingerprint density at radius 3 is 2.50 bits per heavy atom. The SMILES string of the molecule is Clc1ccc(OCCNc2ccccc2)c(Cl)c1. The van der Waals surface area contributed by atoms with E-state index in [-0.39, 0.29) is 0 Å². The average Bonchev–Trinajstić information content (AvgIpc) is 2.38. The Balaban J connectivity index is 1.79. The fourth-order valence-electron chi connectivity index (χ4n) is 1.50. The summed E-state index contributed by atoms with van der Waals surface area (Å²) in [6.45, 7) is 1.25. The first-order valence-electron chi connectivity index (χ1n) is 5.62. The van der Waals surface area contributed by atoms with Gasteiger partial charge in [0.05, 0.1) is 5.02 Å². The predicted molar refractivity (Wildman–Crippen MR) is 76.9 cm³/mol. The molecule has 2 rings (SSSR count). The fraction of sp³-hybridized carbons (Fsp3) is 0.143. The molecule has 0 fully saturated rings. The molecule has 0 bridgehead atoms. The highest BCUT2D eigenvalue weighted by atomic mass is 35.5. The minimum atomic E-state index is 0.530. The van der Waals surface area contributed by atoms with Crippen LogP contribution in [0.25, 0.3) is 0 Å². The van der Waals surface area contributed by atoms with Crippen LogP contribution in [0.4, 0.5) is 5.69 Å². The second-order valence-corrected chi connectivity index (χ2v) is 4.56. The number of ether oxygens (including phenoxy) is 1. The monoisotopic (exact) mass is 281 g/mol. The number of nitrogens with one attached hydrogen (secondary N) is 1.